The van der Waals surface area contributed by atoms with E-state index < -0.39 is 0 Å². The molecule has 0 saturated carbocycles. The van der Waals surface area contributed by atoms with E-state index in [0.29, 0.717) is 13.0 Å². The van der Waals surface area contributed by atoms with Gasteiger partial charge < -0.3 is 15.4 Å². The summed E-state index contributed by atoms with van der Waals surface area (Å²) >= 11 is 0. The first-order chi connectivity index (χ1) is 8.40. The van der Waals surface area contributed by atoms with Gasteiger partial charge in [-0.2, -0.15) is 0 Å². The van der Waals surface area contributed by atoms with Crippen molar-refractivity contribution >= 4 is 5.91 Å². The minimum atomic E-state index is -0.389. The maximum absolute atomic E-state index is 11.8. The van der Waals surface area contributed by atoms with E-state index in [1.54, 1.807) is 19.9 Å². The third kappa shape index (κ3) is 4.33. The number of pyridine rings is 1. The van der Waals surface area contributed by atoms with Gasteiger partial charge in [-0.25, -0.2) is 0 Å². The number of amides is 1. The van der Waals surface area contributed by atoms with Crippen LogP contribution in [0.1, 0.15) is 36.3 Å². The van der Waals surface area contributed by atoms with Gasteiger partial charge in [0.05, 0.1) is 6.10 Å². The standard InChI is InChI=1S/C13H20N2O3/c1-8(6-10(3)16)7-14-12(17)11-5-4-9(2)15-13(11)18/h4-5,8,10,16H,6-7H2,1-3H3,(H,14,17)(H,15,18). The quantitative estimate of drug-likeness (QED) is 0.725. The predicted molar refractivity (Wildman–Crippen MR) is 69.6 cm³/mol. The zero-order valence-corrected chi connectivity index (χ0v) is 11.0. The molecule has 0 aliphatic rings. The number of hydrogen-bond donors (Lipinski definition) is 3. The summed E-state index contributed by atoms with van der Waals surface area (Å²) in [5.41, 5.74) is 0.458. The zero-order valence-electron chi connectivity index (χ0n) is 11.0. The molecule has 0 aromatic carbocycles. The minimum absolute atomic E-state index is 0.116. The summed E-state index contributed by atoms with van der Waals surface area (Å²) < 4.78 is 0. The van der Waals surface area contributed by atoms with Crippen molar-refractivity contribution in [3.05, 3.63) is 33.7 Å². The predicted octanol–water partition coefficient (Wildman–Crippen LogP) is 0.820. The summed E-state index contributed by atoms with van der Waals surface area (Å²) in [4.78, 5) is 25.9. The molecule has 0 aliphatic carbocycles. The summed E-state index contributed by atoms with van der Waals surface area (Å²) in [7, 11) is 0. The number of aromatic amines is 1. The third-order valence-corrected chi connectivity index (χ3v) is 2.65. The van der Waals surface area contributed by atoms with Crippen LogP contribution in [0.25, 0.3) is 0 Å². The van der Waals surface area contributed by atoms with E-state index >= 15 is 0 Å². The highest BCUT2D eigenvalue weighted by molar-refractivity contribution is 5.93. The van der Waals surface area contributed by atoms with Crippen LogP contribution in [0.5, 0.6) is 0 Å². The van der Waals surface area contributed by atoms with E-state index in [9.17, 15) is 14.7 Å². The first-order valence-corrected chi connectivity index (χ1v) is 6.06. The van der Waals surface area contributed by atoms with Crippen molar-refractivity contribution < 1.29 is 9.90 Å². The van der Waals surface area contributed by atoms with Crippen LogP contribution in [-0.2, 0) is 0 Å². The Morgan fingerprint density at radius 2 is 2.11 bits per heavy atom. The Balaban J connectivity index is 2.58. The minimum Gasteiger partial charge on any atom is -0.393 e. The van der Waals surface area contributed by atoms with Crippen molar-refractivity contribution in [1.29, 1.82) is 0 Å². The van der Waals surface area contributed by atoms with Gasteiger partial charge in [0.15, 0.2) is 0 Å². The second-order valence-corrected chi connectivity index (χ2v) is 4.78. The van der Waals surface area contributed by atoms with E-state index in [0.717, 1.165) is 5.69 Å². The number of aliphatic hydroxyl groups is 1. The van der Waals surface area contributed by atoms with Crippen LogP contribution < -0.4 is 10.9 Å². The zero-order chi connectivity index (χ0) is 13.7. The molecule has 0 saturated heterocycles. The van der Waals surface area contributed by atoms with Crippen molar-refractivity contribution in [1.82, 2.24) is 10.3 Å². The average molecular weight is 252 g/mol. The molecule has 5 heteroatoms. The highest BCUT2D eigenvalue weighted by Gasteiger charge is 2.12. The van der Waals surface area contributed by atoms with Crippen molar-refractivity contribution in [3.63, 3.8) is 0 Å². The molecule has 3 N–H and O–H groups in total. The number of carbonyl (C=O) groups excluding carboxylic acids is 1. The van der Waals surface area contributed by atoms with Crippen molar-refractivity contribution in [3.8, 4) is 0 Å². The van der Waals surface area contributed by atoms with Gasteiger partial charge >= 0.3 is 0 Å². The second-order valence-electron chi connectivity index (χ2n) is 4.78. The van der Waals surface area contributed by atoms with E-state index in [1.165, 1.54) is 6.07 Å². The van der Waals surface area contributed by atoms with Crippen LogP contribution in [0.15, 0.2) is 16.9 Å². The summed E-state index contributed by atoms with van der Waals surface area (Å²) in [6.07, 6.45) is 0.226. The van der Waals surface area contributed by atoms with Crippen LogP contribution in [-0.4, -0.2) is 28.6 Å². The smallest absolute Gasteiger partial charge is 0.260 e. The molecule has 5 nitrogen and oxygen atoms in total. The highest BCUT2D eigenvalue weighted by atomic mass is 16.3. The second kappa shape index (κ2) is 6.35. The molecule has 1 aromatic heterocycles. The molecular weight excluding hydrogens is 232 g/mol. The van der Waals surface area contributed by atoms with E-state index in [4.69, 9.17) is 0 Å². The molecule has 0 radical (unpaired) electrons. The van der Waals surface area contributed by atoms with E-state index in [2.05, 4.69) is 10.3 Å². The number of H-pyrrole nitrogens is 1. The Kier molecular flexibility index (Phi) is 5.09. The SMILES string of the molecule is Cc1ccc(C(=O)NCC(C)CC(C)O)c(=O)[nH]1. The van der Waals surface area contributed by atoms with Crippen molar-refractivity contribution in [2.45, 2.75) is 33.3 Å². The number of aliphatic hydroxyl groups excluding tert-OH is 1. The highest BCUT2D eigenvalue weighted by Crippen LogP contribution is 2.04. The number of nitrogens with one attached hydrogen (secondary N) is 2. The molecule has 1 heterocycles. The molecular formula is C13H20N2O3. The molecule has 18 heavy (non-hydrogen) atoms. The van der Waals surface area contributed by atoms with Gasteiger partial charge in [0.25, 0.3) is 11.5 Å². The molecule has 2 unspecified atom stereocenters. The average Bonchev–Trinajstić information content (AvgIpc) is 2.25. The molecule has 1 rings (SSSR count). The fourth-order valence-electron chi connectivity index (χ4n) is 1.78. The lowest BCUT2D eigenvalue weighted by atomic mass is 10.0. The molecule has 1 aromatic rings. The summed E-state index contributed by atoms with van der Waals surface area (Å²) in [5, 5.41) is 11.9. The van der Waals surface area contributed by atoms with Crippen LogP contribution in [0.3, 0.4) is 0 Å². The molecule has 0 fully saturated rings. The Morgan fingerprint density at radius 3 is 2.67 bits per heavy atom. The van der Waals surface area contributed by atoms with Gasteiger partial charge in [-0.15, -0.1) is 0 Å². The van der Waals surface area contributed by atoms with Crippen LogP contribution in [0, 0.1) is 12.8 Å². The molecule has 0 aliphatic heterocycles. The van der Waals surface area contributed by atoms with Crippen LogP contribution in [0.2, 0.25) is 0 Å². The first kappa shape index (κ1) is 14.4. The number of hydrogen-bond acceptors (Lipinski definition) is 3. The third-order valence-electron chi connectivity index (χ3n) is 2.65. The van der Waals surface area contributed by atoms with Gasteiger partial charge in [0, 0.05) is 12.2 Å². The lowest BCUT2D eigenvalue weighted by Crippen LogP contribution is -2.33. The van der Waals surface area contributed by atoms with Crippen LogP contribution in [0.4, 0.5) is 0 Å². The normalized spacial score (nSPS) is 14.0. The summed E-state index contributed by atoms with van der Waals surface area (Å²) in [6, 6.07) is 3.21. The lowest BCUT2D eigenvalue weighted by molar-refractivity contribution is 0.0938. The number of aryl methyl sites for hydroxylation is 1. The Hall–Kier alpha value is -1.62. The maximum Gasteiger partial charge on any atom is 0.260 e. The fraction of sp³-hybridized carbons (Fsp3) is 0.538. The van der Waals surface area contributed by atoms with Crippen molar-refractivity contribution in [2.24, 2.45) is 5.92 Å². The monoisotopic (exact) mass is 252 g/mol. The van der Waals surface area contributed by atoms with Crippen molar-refractivity contribution in [2.75, 3.05) is 6.54 Å². The molecule has 1 amide bonds. The van der Waals surface area contributed by atoms with Gasteiger partial charge in [-0.05, 0) is 38.3 Å². The lowest BCUT2D eigenvalue weighted by Gasteiger charge is -2.14. The fourth-order valence-corrected chi connectivity index (χ4v) is 1.78. The van der Waals surface area contributed by atoms with E-state index in [1.807, 2.05) is 6.92 Å². The molecule has 100 valence electrons. The number of aromatic nitrogens is 1. The molecule has 0 bridgehead atoms. The number of rotatable bonds is 5. The van der Waals surface area contributed by atoms with Gasteiger partial charge in [-0.3, -0.25) is 9.59 Å². The Labute approximate surface area is 106 Å². The molecule has 0 spiro atoms. The molecule has 2 atom stereocenters. The summed E-state index contributed by atoms with van der Waals surface area (Å²) in [5.74, 6) is -0.216. The number of carbonyl (C=O) groups is 1. The van der Waals surface area contributed by atoms with Gasteiger partial charge in [0.2, 0.25) is 0 Å². The van der Waals surface area contributed by atoms with Gasteiger partial charge in [-0.1, -0.05) is 6.92 Å². The summed E-state index contributed by atoms with van der Waals surface area (Å²) in [6.45, 7) is 5.85. The maximum atomic E-state index is 11.8. The Morgan fingerprint density at radius 1 is 1.44 bits per heavy atom. The van der Waals surface area contributed by atoms with E-state index in [-0.39, 0.29) is 29.1 Å². The Bertz CT molecular complexity index is 466. The first-order valence-electron chi connectivity index (χ1n) is 6.06. The van der Waals surface area contributed by atoms with Crippen LogP contribution >= 0.6 is 0 Å². The topological polar surface area (TPSA) is 82.2 Å². The van der Waals surface area contributed by atoms with Gasteiger partial charge in [0.1, 0.15) is 5.56 Å². The largest absolute Gasteiger partial charge is 0.393 e.